The summed E-state index contributed by atoms with van der Waals surface area (Å²) in [7, 11) is 0. The Morgan fingerprint density at radius 3 is 2.53 bits per heavy atom. The summed E-state index contributed by atoms with van der Waals surface area (Å²) in [5.41, 5.74) is 1.61. The molecular weight excluding hydrogens is 214 g/mol. The fourth-order valence-corrected chi connectivity index (χ4v) is 2.50. The Morgan fingerprint density at radius 2 is 1.94 bits per heavy atom. The van der Waals surface area contributed by atoms with Gasteiger partial charge in [-0.1, -0.05) is 6.92 Å². The van der Waals surface area contributed by atoms with Crippen molar-refractivity contribution in [3.63, 3.8) is 0 Å². The number of aromatic nitrogens is 2. The number of hydrogen-bond acceptors (Lipinski definition) is 3. The van der Waals surface area contributed by atoms with Gasteiger partial charge >= 0.3 is 0 Å². The van der Waals surface area contributed by atoms with Gasteiger partial charge in [0.25, 0.3) is 0 Å². The molecule has 96 valence electrons. The molecular formula is C13H23N3O. The lowest BCUT2D eigenvalue weighted by molar-refractivity contribution is -0.108. The number of aromatic amines is 1. The van der Waals surface area contributed by atoms with Crippen molar-refractivity contribution in [1.82, 2.24) is 15.3 Å². The normalized spacial score (nSPS) is 20.5. The van der Waals surface area contributed by atoms with Gasteiger partial charge in [0.05, 0.1) is 17.9 Å². The number of ether oxygens (including phenoxy) is 1. The number of imidazole rings is 1. The maximum Gasteiger partial charge on any atom is 0.120 e. The van der Waals surface area contributed by atoms with Gasteiger partial charge in [0.2, 0.25) is 0 Å². The Morgan fingerprint density at radius 1 is 1.24 bits per heavy atom. The van der Waals surface area contributed by atoms with E-state index in [1.54, 1.807) is 0 Å². The quantitative estimate of drug-likeness (QED) is 0.791. The number of hydrogen-bond donors (Lipinski definition) is 2. The fourth-order valence-electron chi connectivity index (χ4n) is 2.50. The van der Waals surface area contributed by atoms with Crippen molar-refractivity contribution in [3.8, 4) is 0 Å². The summed E-state index contributed by atoms with van der Waals surface area (Å²) in [6, 6.07) is 0. The molecule has 0 saturated heterocycles. The van der Waals surface area contributed by atoms with Gasteiger partial charge in [-0.05, 0) is 40.7 Å². The summed E-state index contributed by atoms with van der Waals surface area (Å²) in [5.74, 6) is 1.01. The van der Waals surface area contributed by atoms with Crippen LogP contribution in [0, 0.1) is 0 Å². The van der Waals surface area contributed by atoms with Crippen LogP contribution in [0.3, 0.4) is 0 Å². The molecule has 1 aromatic rings. The molecule has 0 aliphatic carbocycles. The van der Waals surface area contributed by atoms with Crippen molar-refractivity contribution < 1.29 is 4.74 Å². The van der Waals surface area contributed by atoms with E-state index in [0.717, 1.165) is 36.7 Å². The summed E-state index contributed by atoms with van der Waals surface area (Å²) in [6.45, 7) is 12.3. The molecule has 0 amide bonds. The van der Waals surface area contributed by atoms with Crippen LogP contribution in [0.25, 0.3) is 0 Å². The van der Waals surface area contributed by atoms with Crippen LogP contribution in [0.5, 0.6) is 0 Å². The minimum absolute atomic E-state index is 0.269. The summed E-state index contributed by atoms with van der Waals surface area (Å²) >= 11 is 0. The number of fused-ring (bicyclic) bond motifs is 1. The lowest BCUT2D eigenvalue weighted by Crippen LogP contribution is -2.25. The summed E-state index contributed by atoms with van der Waals surface area (Å²) in [6.07, 6.45) is 1.14. The summed E-state index contributed by atoms with van der Waals surface area (Å²) in [4.78, 5) is 8.07. The smallest absolute Gasteiger partial charge is 0.120 e. The molecule has 1 aliphatic rings. The first-order chi connectivity index (χ1) is 7.87. The molecule has 4 heteroatoms. The van der Waals surface area contributed by atoms with Gasteiger partial charge < -0.3 is 15.0 Å². The van der Waals surface area contributed by atoms with E-state index in [1.807, 2.05) is 0 Å². The zero-order valence-electron chi connectivity index (χ0n) is 11.5. The molecule has 2 N–H and O–H groups in total. The first-order valence-electron chi connectivity index (χ1n) is 6.37. The Kier molecular flexibility index (Phi) is 3.04. The Balaban J connectivity index is 2.21. The third-order valence-corrected chi connectivity index (χ3v) is 3.15. The van der Waals surface area contributed by atoms with Crippen LogP contribution in [-0.2, 0) is 22.5 Å². The highest BCUT2D eigenvalue weighted by atomic mass is 16.5. The number of H-pyrrole nitrogens is 1. The van der Waals surface area contributed by atoms with E-state index >= 15 is 0 Å². The van der Waals surface area contributed by atoms with Gasteiger partial charge in [-0.3, -0.25) is 0 Å². The molecule has 0 atom stereocenters. The Bertz CT molecular complexity index is 375. The predicted octanol–water partition coefficient (Wildman–Crippen LogP) is 2.41. The molecule has 0 saturated carbocycles. The molecule has 2 rings (SSSR count). The number of nitrogens with zero attached hydrogens (tertiary/aromatic N) is 1. The number of rotatable bonds is 4. The van der Waals surface area contributed by atoms with Crippen molar-refractivity contribution in [2.24, 2.45) is 0 Å². The molecule has 1 aliphatic heterocycles. The van der Waals surface area contributed by atoms with Gasteiger partial charge in [-0.25, -0.2) is 4.98 Å². The molecule has 0 bridgehead atoms. The topological polar surface area (TPSA) is 49.9 Å². The maximum atomic E-state index is 6.01. The van der Waals surface area contributed by atoms with Crippen molar-refractivity contribution in [1.29, 1.82) is 0 Å². The monoisotopic (exact) mass is 237 g/mol. The molecule has 2 heterocycles. The van der Waals surface area contributed by atoms with E-state index in [1.165, 1.54) is 0 Å². The van der Waals surface area contributed by atoms with Gasteiger partial charge in [-0.15, -0.1) is 0 Å². The van der Waals surface area contributed by atoms with E-state index in [9.17, 15) is 0 Å². The van der Waals surface area contributed by atoms with E-state index in [4.69, 9.17) is 4.74 Å². The van der Waals surface area contributed by atoms with Crippen LogP contribution in [0.4, 0.5) is 0 Å². The average Bonchev–Trinajstić information content (AvgIpc) is 2.67. The van der Waals surface area contributed by atoms with E-state index in [0.29, 0.717) is 0 Å². The summed E-state index contributed by atoms with van der Waals surface area (Å²) < 4.78 is 6.01. The molecule has 0 aromatic carbocycles. The van der Waals surface area contributed by atoms with Crippen LogP contribution in [0.15, 0.2) is 0 Å². The van der Waals surface area contributed by atoms with Gasteiger partial charge in [0, 0.05) is 0 Å². The lowest BCUT2D eigenvalue weighted by Gasteiger charge is -2.24. The molecule has 4 nitrogen and oxygen atoms in total. The minimum Gasteiger partial charge on any atom is -0.357 e. The van der Waals surface area contributed by atoms with Crippen LogP contribution < -0.4 is 5.32 Å². The molecule has 1 aromatic heterocycles. The SMILES string of the molecule is CCCNCc1nc2c([nH]1)C(C)(C)OC2(C)C. The minimum atomic E-state index is -0.293. The molecule has 0 radical (unpaired) electrons. The second-order valence-corrected chi connectivity index (χ2v) is 5.71. The molecule has 0 fully saturated rings. The van der Waals surface area contributed by atoms with E-state index < -0.39 is 0 Å². The lowest BCUT2D eigenvalue weighted by atomic mass is 10.0. The number of nitrogens with one attached hydrogen (secondary N) is 2. The van der Waals surface area contributed by atoms with Crippen molar-refractivity contribution in [3.05, 3.63) is 17.2 Å². The van der Waals surface area contributed by atoms with Crippen molar-refractivity contribution >= 4 is 0 Å². The van der Waals surface area contributed by atoms with E-state index in [2.05, 4.69) is 49.9 Å². The maximum absolute atomic E-state index is 6.01. The second-order valence-electron chi connectivity index (χ2n) is 5.71. The zero-order valence-corrected chi connectivity index (χ0v) is 11.5. The molecule has 0 unspecified atom stereocenters. The van der Waals surface area contributed by atoms with Crippen molar-refractivity contribution in [2.75, 3.05) is 6.54 Å². The van der Waals surface area contributed by atoms with Crippen LogP contribution in [0.1, 0.15) is 58.3 Å². The van der Waals surface area contributed by atoms with Gasteiger partial charge in [0.1, 0.15) is 17.0 Å². The zero-order chi connectivity index (χ0) is 12.7. The van der Waals surface area contributed by atoms with Crippen molar-refractivity contribution in [2.45, 2.75) is 58.8 Å². The predicted molar refractivity (Wildman–Crippen MR) is 67.7 cm³/mol. The highest BCUT2D eigenvalue weighted by Crippen LogP contribution is 2.44. The largest absolute Gasteiger partial charge is 0.357 e. The van der Waals surface area contributed by atoms with Crippen LogP contribution in [-0.4, -0.2) is 16.5 Å². The van der Waals surface area contributed by atoms with Gasteiger partial charge in [-0.2, -0.15) is 0 Å². The highest BCUT2D eigenvalue weighted by Gasteiger charge is 2.46. The standard InChI is InChI=1S/C13H23N3O/c1-6-7-14-8-9-15-10-11(16-9)13(4,5)17-12(10,2)3/h14H,6-8H2,1-5H3,(H,15,16). The van der Waals surface area contributed by atoms with Gasteiger partial charge in [0.15, 0.2) is 0 Å². The Labute approximate surface area is 103 Å². The highest BCUT2D eigenvalue weighted by molar-refractivity contribution is 5.30. The third kappa shape index (κ3) is 2.24. The first-order valence-corrected chi connectivity index (χ1v) is 6.37. The Hall–Kier alpha value is -0.870. The molecule has 0 spiro atoms. The first kappa shape index (κ1) is 12.6. The summed E-state index contributed by atoms with van der Waals surface area (Å²) in [5, 5.41) is 3.36. The molecule has 17 heavy (non-hydrogen) atoms. The van der Waals surface area contributed by atoms with E-state index in [-0.39, 0.29) is 11.2 Å². The van der Waals surface area contributed by atoms with Crippen LogP contribution in [0.2, 0.25) is 0 Å². The second kappa shape index (κ2) is 4.10. The average molecular weight is 237 g/mol. The fraction of sp³-hybridized carbons (Fsp3) is 0.769. The third-order valence-electron chi connectivity index (χ3n) is 3.15. The van der Waals surface area contributed by atoms with Crippen LogP contribution >= 0.6 is 0 Å².